The van der Waals surface area contributed by atoms with Crippen LogP contribution in [0.25, 0.3) is 11.0 Å². The van der Waals surface area contributed by atoms with Gasteiger partial charge in [0.1, 0.15) is 0 Å². The molecule has 3 aromatic heterocycles. The lowest BCUT2D eigenvalue weighted by molar-refractivity contribution is 0.129. The maximum Gasteiger partial charge on any atom is 0.181 e. The fourth-order valence-corrected chi connectivity index (χ4v) is 4.44. The van der Waals surface area contributed by atoms with Crippen LogP contribution in [0.2, 0.25) is 0 Å². The summed E-state index contributed by atoms with van der Waals surface area (Å²) in [5.74, 6) is 0.695. The van der Waals surface area contributed by atoms with E-state index in [1.807, 2.05) is 17.9 Å². The van der Waals surface area contributed by atoms with Crippen molar-refractivity contribution in [3.63, 3.8) is 0 Å². The summed E-state index contributed by atoms with van der Waals surface area (Å²) in [6, 6.07) is 9.11. The molecule has 1 aliphatic heterocycles. The topological polar surface area (TPSA) is 46.8 Å². The van der Waals surface area contributed by atoms with E-state index in [9.17, 15) is 0 Å². The molecule has 1 aliphatic rings. The van der Waals surface area contributed by atoms with Crippen molar-refractivity contribution in [3.8, 4) is 0 Å². The quantitative estimate of drug-likeness (QED) is 0.703. The van der Waals surface area contributed by atoms with Gasteiger partial charge in [-0.15, -0.1) is 0 Å². The van der Waals surface area contributed by atoms with Crippen LogP contribution in [-0.2, 0) is 13.5 Å². The number of likely N-dealkylation sites (tertiary alicyclic amines) is 1. The van der Waals surface area contributed by atoms with Crippen molar-refractivity contribution in [2.75, 3.05) is 13.1 Å². The summed E-state index contributed by atoms with van der Waals surface area (Å²) in [5, 5.41) is 5.57. The van der Waals surface area contributed by atoms with Gasteiger partial charge < -0.3 is 0 Å². The fraction of sp³-hybridized carbons (Fsp3) is 0.500. The monoisotopic (exact) mass is 363 g/mol. The SMILES string of the molecule is Cc1cc(C[C@H]2CCCN(C(C)c3ccc4cn(C)nc4n3)C2)cc(C)n1. The summed E-state index contributed by atoms with van der Waals surface area (Å²) in [6.07, 6.45) is 5.72. The van der Waals surface area contributed by atoms with Crippen LogP contribution < -0.4 is 0 Å². The molecular formula is C22H29N5. The first-order chi connectivity index (χ1) is 13.0. The van der Waals surface area contributed by atoms with Crippen molar-refractivity contribution in [2.45, 2.75) is 46.1 Å². The van der Waals surface area contributed by atoms with E-state index in [1.165, 1.54) is 18.4 Å². The molecule has 4 heterocycles. The van der Waals surface area contributed by atoms with Crippen LogP contribution in [0.1, 0.15) is 48.5 Å². The molecule has 142 valence electrons. The number of fused-ring (bicyclic) bond motifs is 1. The second-order valence-electron chi connectivity index (χ2n) is 8.09. The van der Waals surface area contributed by atoms with Crippen LogP contribution in [-0.4, -0.2) is 37.7 Å². The molecule has 3 aromatic rings. The molecule has 0 aromatic carbocycles. The molecule has 0 aliphatic carbocycles. The van der Waals surface area contributed by atoms with Crippen molar-refractivity contribution in [1.29, 1.82) is 0 Å². The molecule has 2 atom stereocenters. The molecule has 0 bridgehead atoms. The molecule has 0 N–H and O–H groups in total. The average molecular weight is 364 g/mol. The smallest absolute Gasteiger partial charge is 0.181 e. The van der Waals surface area contributed by atoms with E-state index in [1.54, 1.807) is 0 Å². The Morgan fingerprint density at radius 1 is 1.15 bits per heavy atom. The summed E-state index contributed by atoms with van der Waals surface area (Å²) in [7, 11) is 1.95. The highest BCUT2D eigenvalue weighted by molar-refractivity contribution is 5.73. The largest absolute Gasteiger partial charge is 0.295 e. The first kappa shape index (κ1) is 18.1. The molecule has 1 unspecified atom stereocenters. The molecule has 4 rings (SSSR count). The predicted molar refractivity (Wildman–Crippen MR) is 109 cm³/mol. The van der Waals surface area contributed by atoms with Crippen molar-refractivity contribution in [2.24, 2.45) is 13.0 Å². The second kappa shape index (κ2) is 7.39. The highest BCUT2D eigenvalue weighted by Crippen LogP contribution is 2.28. The van der Waals surface area contributed by atoms with Crippen LogP contribution in [0.15, 0.2) is 30.5 Å². The van der Waals surface area contributed by atoms with Gasteiger partial charge in [-0.3, -0.25) is 14.6 Å². The molecule has 0 amide bonds. The Morgan fingerprint density at radius 2 is 1.93 bits per heavy atom. The zero-order valence-electron chi connectivity index (χ0n) is 16.8. The third-order valence-electron chi connectivity index (χ3n) is 5.70. The molecule has 1 saturated heterocycles. The molecule has 0 saturated carbocycles. The Labute approximate surface area is 161 Å². The van der Waals surface area contributed by atoms with Gasteiger partial charge >= 0.3 is 0 Å². The highest BCUT2D eigenvalue weighted by Gasteiger charge is 2.25. The van der Waals surface area contributed by atoms with Crippen LogP contribution in [0.5, 0.6) is 0 Å². The van der Waals surface area contributed by atoms with Gasteiger partial charge in [-0.2, -0.15) is 5.10 Å². The van der Waals surface area contributed by atoms with Crippen molar-refractivity contribution < 1.29 is 0 Å². The van der Waals surface area contributed by atoms with Gasteiger partial charge in [-0.05, 0) is 82.3 Å². The summed E-state index contributed by atoms with van der Waals surface area (Å²) < 4.78 is 1.84. The van der Waals surface area contributed by atoms with Crippen molar-refractivity contribution in [3.05, 3.63) is 53.1 Å². The molecule has 27 heavy (non-hydrogen) atoms. The van der Waals surface area contributed by atoms with Crippen LogP contribution in [0.4, 0.5) is 0 Å². The third-order valence-corrected chi connectivity index (χ3v) is 5.70. The van der Waals surface area contributed by atoms with Gasteiger partial charge in [0.2, 0.25) is 0 Å². The fourth-order valence-electron chi connectivity index (χ4n) is 4.44. The summed E-state index contributed by atoms with van der Waals surface area (Å²) in [5.41, 5.74) is 5.64. The normalized spacial score (nSPS) is 19.5. The van der Waals surface area contributed by atoms with E-state index in [0.29, 0.717) is 12.0 Å². The molecule has 1 fully saturated rings. The number of aromatic nitrogens is 4. The number of aryl methyl sites for hydroxylation is 3. The maximum atomic E-state index is 4.82. The molecular weight excluding hydrogens is 334 g/mol. The Hall–Kier alpha value is -2.27. The van der Waals surface area contributed by atoms with E-state index in [0.717, 1.165) is 47.6 Å². The lowest BCUT2D eigenvalue weighted by Gasteiger charge is -2.36. The van der Waals surface area contributed by atoms with Crippen molar-refractivity contribution >= 4 is 11.0 Å². The Bertz CT molecular complexity index is 925. The van der Waals surface area contributed by atoms with Gasteiger partial charge in [0.05, 0.1) is 5.69 Å². The van der Waals surface area contributed by atoms with E-state index >= 15 is 0 Å². The Morgan fingerprint density at radius 3 is 2.70 bits per heavy atom. The lowest BCUT2D eigenvalue weighted by atomic mass is 9.90. The summed E-state index contributed by atoms with van der Waals surface area (Å²) >= 11 is 0. The van der Waals surface area contributed by atoms with Gasteiger partial charge in [-0.1, -0.05) is 0 Å². The summed E-state index contributed by atoms with van der Waals surface area (Å²) in [4.78, 5) is 11.9. The Kier molecular flexibility index (Phi) is 4.96. The van der Waals surface area contributed by atoms with Gasteiger partial charge in [0.15, 0.2) is 5.65 Å². The van der Waals surface area contributed by atoms with Crippen LogP contribution in [0.3, 0.4) is 0 Å². The minimum atomic E-state index is 0.320. The zero-order valence-corrected chi connectivity index (χ0v) is 16.8. The maximum absolute atomic E-state index is 4.82. The third kappa shape index (κ3) is 4.03. The van der Waals surface area contributed by atoms with E-state index in [2.05, 4.69) is 60.0 Å². The Balaban J connectivity index is 1.47. The minimum absolute atomic E-state index is 0.320. The number of nitrogens with zero attached hydrogens (tertiary/aromatic N) is 5. The van der Waals surface area contributed by atoms with Crippen LogP contribution >= 0.6 is 0 Å². The summed E-state index contributed by atoms with van der Waals surface area (Å²) in [6.45, 7) is 8.73. The minimum Gasteiger partial charge on any atom is -0.295 e. The first-order valence-corrected chi connectivity index (χ1v) is 9.96. The standard InChI is InChI=1S/C22H29N5/c1-15-10-19(11-16(2)23-15)12-18-6-5-9-27(13-18)17(3)21-8-7-20-14-26(4)25-22(20)24-21/h7-8,10-11,14,17-18H,5-6,9,12-13H2,1-4H3/t17?,18-/m1/s1. The van der Waals surface area contributed by atoms with Gasteiger partial charge in [-0.25, -0.2) is 4.98 Å². The highest BCUT2D eigenvalue weighted by atomic mass is 15.3. The second-order valence-corrected chi connectivity index (χ2v) is 8.09. The number of hydrogen-bond acceptors (Lipinski definition) is 4. The molecule has 5 heteroatoms. The molecule has 5 nitrogen and oxygen atoms in total. The van der Waals surface area contributed by atoms with Gasteiger partial charge in [0, 0.05) is 42.6 Å². The first-order valence-electron chi connectivity index (χ1n) is 9.96. The van der Waals surface area contributed by atoms with E-state index in [4.69, 9.17) is 4.98 Å². The number of pyridine rings is 2. The number of piperidine rings is 1. The number of rotatable bonds is 4. The van der Waals surface area contributed by atoms with E-state index in [-0.39, 0.29) is 0 Å². The zero-order chi connectivity index (χ0) is 19.0. The van der Waals surface area contributed by atoms with Crippen LogP contribution in [0, 0.1) is 19.8 Å². The average Bonchev–Trinajstić information content (AvgIpc) is 2.99. The van der Waals surface area contributed by atoms with Gasteiger partial charge in [0.25, 0.3) is 0 Å². The van der Waals surface area contributed by atoms with E-state index < -0.39 is 0 Å². The molecule has 0 radical (unpaired) electrons. The predicted octanol–water partition coefficient (Wildman–Crippen LogP) is 4.00. The van der Waals surface area contributed by atoms with Crippen molar-refractivity contribution in [1.82, 2.24) is 24.6 Å². The molecule has 0 spiro atoms. The lowest BCUT2D eigenvalue weighted by Crippen LogP contribution is -2.38. The number of hydrogen-bond donors (Lipinski definition) is 0.